The molecule has 5 N–H and O–H groups in total. The Balaban J connectivity index is 2.40. The van der Waals surface area contributed by atoms with Gasteiger partial charge in [-0.15, -0.1) is 0 Å². The summed E-state index contributed by atoms with van der Waals surface area (Å²) < 4.78 is 5.86. The highest BCUT2D eigenvalue weighted by molar-refractivity contribution is 6.33. The molecule has 4 atom stereocenters. The predicted octanol–water partition coefficient (Wildman–Crippen LogP) is -3.66. The first-order valence-electron chi connectivity index (χ1n) is 6.49. The standard InChI is InChI=1S/C12H14N2O9/c15-3-6-7(17)8(18)10(23-6)14-2-4(1-5(16)11(20)21)9(19)13-12(14)22/h2,6-8,10,15,17-18H,1,3H2,(H,20,21)(H,13,19,22)/t6-,7-,8-,10-/m1/s1. The Kier molecular flexibility index (Phi) is 4.75. The van der Waals surface area contributed by atoms with E-state index >= 15 is 0 Å². The number of aliphatic hydroxyl groups excluding tert-OH is 3. The molecule has 1 fully saturated rings. The van der Waals surface area contributed by atoms with Crippen LogP contribution in [0, 0.1) is 0 Å². The molecular weight excluding hydrogens is 316 g/mol. The fourth-order valence-corrected chi connectivity index (χ4v) is 2.20. The third-order valence-corrected chi connectivity index (χ3v) is 3.42. The largest absolute Gasteiger partial charge is 0.475 e. The Bertz CT molecular complexity index is 737. The molecule has 2 rings (SSSR count). The summed E-state index contributed by atoms with van der Waals surface area (Å²) in [4.78, 5) is 47.1. The average molecular weight is 330 g/mol. The van der Waals surface area contributed by atoms with Gasteiger partial charge in [-0.25, -0.2) is 9.59 Å². The van der Waals surface area contributed by atoms with Crippen LogP contribution in [-0.4, -0.2) is 66.6 Å². The Morgan fingerprint density at radius 1 is 1.26 bits per heavy atom. The van der Waals surface area contributed by atoms with Crippen molar-refractivity contribution in [1.82, 2.24) is 9.55 Å². The number of carboxylic acids is 1. The van der Waals surface area contributed by atoms with E-state index < -0.39 is 60.6 Å². The number of aliphatic hydroxyl groups is 3. The van der Waals surface area contributed by atoms with Crippen molar-refractivity contribution in [1.29, 1.82) is 0 Å². The summed E-state index contributed by atoms with van der Waals surface area (Å²) in [6.45, 7) is -0.614. The normalized spacial score (nSPS) is 27.1. The maximum absolute atomic E-state index is 11.8. The van der Waals surface area contributed by atoms with E-state index in [-0.39, 0.29) is 5.56 Å². The first kappa shape index (κ1) is 17.0. The lowest BCUT2D eigenvalue weighted by atomic mass is 10.1. The summed E-state index contributed by atoms with van der Waals surface area (Å²) >= 11 is 0. The number of ketones is 1. The average Bonchev–Trinajstić information content (AvgIpc) is 2.77. The Morgan fingerprint density at radius 2 is 1.91 bits per heavy atom. The minimum Gasteiger partial charge on any atom is -0.475 e. The van der Waals surface area contributed by atoms with E-state index in [1.54, 1.807) is 0 Å². The molecule has 23 heavy (non-hydrogen) atoms. The van der Waals surface area contributed by atoms with Crippen LogP contribution in [0.25, 0.3) is 0 Å². The molecule has 1 saturated heterocycles. The number of nitrogens with zero attached hydrogens (tertiary/aromatic N) is 1. The van der Waals surface area contributed by atoms with Gasteiger partial charge in [0, 0.05) is 18.2 Å². The van der Waals surface area contributed by atoms with Crippen LogP contribution in [0.3, 0.4) is 0 Å². The van der Waals surface area contributed by atoms with Gasteiger partial charge in [0.1, 0.15) is 18.3 Å². The molecule has 0 saturated carbocycles. The number of hydrogen-bond acceptors (Lipinski definition) is 8. The van der Waals surface area contributed by atoms with E-state index in [4.69, 9.17) is 14.9 Å². The fourth-order valence-electron chi connectivity index (χ4n) is 2.20. The second-order valence-electron chi connectivity index (χ2n) is 4.95. The van der Waals surface area contributed by atoms with Gasteiger partial charge in [-0.2, -0.15) is 0 Å². The van der Waals surface area contributed by atoms with Gasteiger partial charge < -0.3 is 25.2 Å². The zero-order valence-electron chi connectivity index (χ0n) is 11.6. The van der Waals surface area contributed by atoms with Crippen molar-refractivity contribution in [3.05, 3.63) is 32.6 Å². The molecule has 11 heteroatoms. The number of rotatable bonds is 5. The zero-order chi connectivity index (χ0) is 17.3. The third-order valence-electron chi connectivity index (χ3n) is 3.42. The molecule has 0 aliphatic carbocycles. The maximum Gasteiger partial charge on any atom is 0.372 e. The lowest BCUT2D eigenvalue weighted by Crippen LogP contribution is -2.39. The molecule has 0 aromatic carbocycles. The topological polar surface area (TPSA) is 179 Å². The number of hydrogen-bond donors (Lipinski definition) is 5. The van der Waals surface area contributed by atoms with Crippen LogP contribution in [0.4, 0.5) is 0 Å². The lowest BCUT2D eigenvalue weighted by molar-refractivity contribution is -0.148. The van der Waals surface area contributed by atoms with E-state index in [0.29, 0.717) is 0 Å². The third kappa shape index (κ3) is 3.22. The van der Waals surface area contributed by atoms with Crippen molar-refractivity contribution in [3.63, 3.8) is 0 Å². The van der Waals surface area contributed by atoms with Gasteiger partial charge in [0.15, 0.2) is 6.23 Å². The van der Waals surface area contributed by atoms with Crippen LogP contribution < -0.4 is 11.2 Å². The SMILES string of the molecule is O=C(O)C(=O)Cc1cn([C@@H]2O[C@H](CO)[C@@H](O)[C@H]2O)c(=O)[nH]c1=O. The van der Waals surface area contributed by atoms with Crippen molar-refractivity contribution >= 4 is 11.8 Å². The van der Waals surface area contributed by atoms with Crippen LogP contribution >= 0.6 is 0 Å². The second-order valence-corrected chi connectivity index (χ2v) is 4.95. The number of ether oxygens (including phenoxy) is 1. The number of nitrogens with one attached hydrogen (secondary N) is 1. The molecule has 11 nitrogen and oxygen atoms in total. The highest BCUT2D eigenvalue weighted by Crippen LogP contribution is 2.27. The minimum absolute atomic E-state index is 0.324. The molecule has 1 aromatic rings. The Hall–Kier alpha value is -2.34. The number of H-pyrrole nitrogens is 1. The van der Waals surface area contributed by atoms with Crippen molar-refractivity contribution in [2.75, 3.05) is 6.61 Å². The van der Waals surface area contributed by atoms with Gasteiger partial charge in [-0.1, -0.05) is 0 Å². The van der Waals surface area contributed by atoms with E-state index in [9.17, 15) is 29.4 Å². The van der Waals surface area contributed by atoms with Gasteiger partial charge in [-0.05, 0) is 0 Å². The highest BCUT2D eigenvalue weighted by Gasteiger charge is 2.43. The molecule has 0 amide bonds. The molecule has 0 spiro atoms. The molecule has 1 aliphatic rings. The van der Waals surface area contributed by atoms with E-state index in [1.165, 1.54) is 0 Å². The van der Waals surface area contributed by atoms with Crippen molar-refractivity contribution in [2.24, 2.45) is 0 Å². The summed E-state index contributed by atoms with van der Waals surface area (Å²) in [5.41, 5.74) is -2.27. The Labute approximate surface area is 127 Å². The predicted molar refractivity (Wildman–Crippen MR) is 70.7 cm³/mol. The molecule has 0 bridgehead atoms. The summed E-state index contributed by atoms with van der Waals surface area (Å²) in [5.74, 6) is -3.00. The Morgan fingerprint density at radius 3 is 2.43 bits per heavy atom. The molecule has 2 heterocycles. The lowest BCUT2D eigenvalue weighted by Gasteiger charge is -2.17. The summed E-state index contributed by atoms with van der Waals surface area (Å²) in [7, 11) is 0. The van der Waals surface area contributed by atoms with Crippen LogP contribution in [-0.2, 0) is 20.7 Å². The highest BCUT2D eigenvalue weighted by atomic mass is 16.6. The van der Waals surface area contributed by atoms with Gasteiger partial charge in [0.2, 0.25) is 5.78 Å². The van der Waals surface area contributed by atoms with Gasteiger partial charge in [-0.3, -0.25) is 19.1 Å². The van der Waals surface area contributed by atoms with E-state index in [2.05, 4.69) is 0 Å². The smallest absolute Gasteiger partial charge is 0.372 e. The quantitative estimate of drug-likeness (QED) is 0.340. The molecule has 126 valence electrons. The number of aliphatic carboxylic acids is 1. The van der Waals surface area contributed by atoms with Gasteiger partial charge >= 0.3 is 11.7 Å². The van der Waals surface area contributed by atoms with Crippen LogP contribution in [0.2, 0.25) is 0 Å². The first-order chi connectivity index (χ1) is 10.8. The van der Waals surface area contributed by atoms with Crippen molar-refractivity contribution in [3.8, 4) is 0 Å². The number of aromatic nitrogens is 2. The monoisotopic (exact) mass is 330 g/mol. The van der Waals surface area contributed by atoms with Gasteiger partial charge in [0.05, 0.1) is 6.61 Å². The maximum atomic E-state index is 11.8. The molecular formula is C12H14N2O9. The van der Waals surface area contributed by atoms with Crippen LogP contribution in [0.15, 0.2) is 15.8 Å². The van der Waals surface area contributed by atoms with Crippen LogP contribution in [0.1, 0.15) is 11.8 Å². The number of carbonyl (C=O) groups is 2. The van der Waals surface area contributed by atoms with Crippen molar-refractivity contribution in [2.45, 2.75) is 31.0 Å². The molecule has 0 unspecified atom stereocenters. The molecule has 1 aromatic heterocycles. The summed E-state index contributed by atoms with van der Waals surface area (Å²) in [6.07, 6.45) is -5.47. The first-order valence-corrected chi connectivity index (χ1v) is 6.49. The zero-order valence-corrected chi connectivity index (χ0v) is 11.6. The molecule has 0 radical (unpaired) electrons. The van der Waals surface area contributed by atoms with Crippen molar-refractivity contribution < 1.29 is 34.8 Å². The summed E-state index contributed by atoms with van der Waals surface area (Å²) in [6, 6.07) is 0. The van der Waals surface area contributed by atoms with E-state index in [1.807, 2.05) is 4.98 Å². The number of carboxylic acid groups (broad SMARTS) is 1. The van der Waals surface area contributed by atoms with Gasteiger partial charge in [0.25, 0.3) is 5.56 Å². The second kappa shape index (κ2) is 6.42. The number of carbonyl (C=O) groups excluding carboxylic acids is 1. The fraction of sp³-hybridized carbons (Fsp3) is 0.500. The number of aromatic amines is 1. The molecule has 1 aliphatic heterocycles. The number of Topliss-reactive ketones (excluding diaryl/α,β-unsaturated/α-hetero) is 1. The van der Waals surface area contributed by atoms with Crippen LogP contribution in [0.5, 0.6) is 0 Å². The minimum atomic E-state index is -1.74. The summed E-state index contributed by atoms with van der Waals surface area (Å²) in [5, 5.41) is 37.1. The van der Waals surface area contributed by atoms with E-state index in [0.717, 1.165) is 10.8 Å².